The number of nitrogens with one attached hydrogen (secondary N) is 2. The number of ketones is 1. The van der Waals surface area contributed by atoms with Gasteiger partial charge in [-0.25, -0.2) is 4.79 Å². The molecule has 35 heavy (non-hydrogen) atoms. The van der Waals surface area contributed by atoms with Crippen LogP contribution in [0.5, 0.6) is 0 Å². The van der Waals surface area contributed by atoms with E-state index in [1.165, 1.54) is 6.92 Å². The molecule has 0 unspecified atom stereocenters. The van der Waals surface area contributed by atoms with Crippen LogP contribution in [0.25, 0.3) is 10.9 Å². The molecule has 0 aliphatic heterocycles. The summed E-state index contributed by atoms with van der Waals surface area (Å²) in [5.74, 6) is -1.26. The van der Waals surface area contributed by atoms with Gasteiger partial charge in [-0.05, 0) is 37.1 Å². The lowest BCUT2D eigenvalue weighted by atomic mass is 10.0. The molecule has 2 N–H and O–H groups in total. The van der Waals surface area contributed by atoms with Crippen LogP contribution in [0.1, 0.15) is 39.8 Å². The molecule has 0 spiro atoms. The second-order valence-electron chi connectivity index (χ2n) is 8.70. The zero-order valence-electron chi connectivity index (χ0n) is 20.1. The number of Topliss-reactive ketones (excluding diaryl/α,β-unsaturated/α-hetero) is 1. The molecule has 4 aromatic rings. The Hall–Kier alpha value is -4.13. The first kappa shape index (κ1) is 24.0. The van der Waals surface area contributed by atoms with Gasteiger partial charge in [0, 0.05) is 53.9 Å². The maximum atomic E-state index is 12.9. The van der Waals surface area contributed by atoms with Crippen molar-refractivity contribution < 1.29 is 19.1 Å². The molecule has 0 radical (unpaired) electrons. The summed E-state index contributed by atoms with van der Waals surface area (Å²) in [5.41, 5.74) is 5.26. The second-order valence-corrected chi connectivity index (χ2v) is 8.70. The van der Waals surface area contributed by atoms with Crippen molar-refractivity contribution in [3.63, 3.8) is 0 Å². The molecule has 2 aromatic heterocycles. The van der Waals surface area contributed by atoms with Gasteiger partial charge in [-0.15, -0.1) is 0 Å². The summed E-state index contributed by atoms with van der Waals surface area (Å²) in [6.07, 6.45) is 2.07. The van der Waals surface area contributed by atoms with Crippen LogP contribution in [-0.2, 0) is 27.3 Å². The molecule has 0 fully saturated rings. The highest BCUT2D eigenvalue weighted by molar-refractivity contribution is 5.99. The van der Waals surface area contributed by atoms with Crippen molar-refractivity contribution in [3.8, 4) is 0 Å². The van der Waals surface area contributed by atoms with E-state index in [0.29, 0.717) is 12.1 Å². The van der Waals surface area contributed by atoms with Crippen LogP contribution in [0.3, 0.4) is 0 Å². The molecular weight excluding hydrogens is 442 g/mol. The predicted octanol–water partition coefficient (Wildman–Crippen LogP) is 4.11. The average Bonchev–Trinajstić information content (AvgIpc) is 3.38. The van der Waals surface area contributed by atoms with Gasteiger partial charge in [0.2, 0.25) is 11.7 Å². The third-order valence-corrected chi connectivity index (χ3v) is 6.16. The van der Waals surface area contributed by atoms with Crippen molar-refractivity contribution in [2.24, 2.45) is 0 Å². The highest BCUT2D eigenvalue weighted by Crippen LogP contribution is 2.20. The van der Waals surface area contributed by atoms with E-state index in [1.54, 1.807) is 0 Å². The lowest BCUT2D eigenvalue weighted by Crippen LogP contribution is -2.42. The summed E-state index contributed by atoms with van der Waals surface area (Å²) < 4.78 is 7.45. The molecule has 7 nitrogen and oxygen atoms in total. The van der Waals surface area contributed by atoms with Crippen LogP contribution in [0.15, 0.2) is 66.9 Å². The smallest absolute Gasteiger partial charge is 0.329 e. The number of carbonyl (C=O) groups is 3. The number of H-pyrrole nitrogens is 1. The number of carbonyl (C=O) groups excluding carboxylic acids is 3. The first-order chi connectivity index (χ1) is 16.8. The number of rotatable bonds is 9. The molecule has 1 atom stereocenters. The number of ether oxygens (including phenoxy) is 1. The Morgan fingerprint density at radius 1 is 1.03 bits per heavy atom. The van der Waals surface area contributed by atoms with Gasteiger partial charge in [0.25, 0.3) is 0 Å². The van der Waals surface area contributed by atoms with Crippen molar-refractivity contribution in [1.82, 2.24) is 14.9 Å². The number of esters is 1. The van der Waals surface area contributed by atoms with Crippen LogP contribution in [-0.4, -0.2) is 39.9 Å². The van der Waals surface area contributed by atoms with Crippen molar-refractivity contribution in [2.45, 2.75) is 39.8 Å². The quantitative estimate of drug-likeness (QED) is 0.284. The zero-order valence-corrected chi connectivity index (χ0v) is 20.1. The maximum Gasteiger partial charge on any atom is 0.329 e. The van der Waals surface area contributed by atoms with Gasteiger partial charge in [-0.1, -0.05) is 48.5 Å². The van der Waals surface area contributed by atoms with Gasteiger partial charge in [0.05, 0.1) is 0 Å². The number of para-hydroxylation sites is 1. The number of benzene rings is 2. The lowest BCUT2D eigenvalue weighted by molar-refractivity contribution is -0.146. The minimum Gasteiger partial charge on any atom is -0.456 e. The Morgan fingerprint density at radius 3 is 2.49 bits per heavy atom. The summed E-state index contributed by atoms with van der Waals surface area (Å²) in [5, 5.41) is 3.63. The maximum absolute atomic E-state index is 12.9. The minimum absolute atomic E-state index is 0.252. The third-order valence-electron chi connectivity index (χ3n) is 6.16. The number of aryl methyl sites for hydroxylation is 1. The fourth-order valence-electron chi connectivity index (χ4n) is 4.37. The van der Waals surface area contributed by atoms with E-state index in [9.17, 15) is 14.4 Å². The number of nitrogens with zero attached hydrogens (tertiary/aromatic N) is 1. The van der Waals surface area contributed by atoms with E-state index < -0.39 is 18.6 Å². The molecule has 2 heterocycles. The van der Waals surface area contributed by atoms with Crippen molar-refractivity contribution in [3.05, 3.63) is 94.9 Å². The van der Waals surface area contributed by atoms with Gasteiger partial charge < -0.3 is 19.6 Å². The van der Waals surface area contributed by atoms with E-state index in [2.05, 4.69) is 14.9 Å². The number of amides is 1. The van der Waals surface area contributed by atoms with Crippen LogP contribution >= 0.6 is 0 Å². The number of fused-ring (bicyclic) bond motifs is 1. The van der Waals surface area contributed by atoms with Gasteiger partial charge in [-0.2, -0.15) is 0 Å². The molecule has 0 saturated carbocycles. The number of aromatic nitrogens is 2. The Balaban J connectivity index is 1.44. The summed E-state index contributed by atoms with van der Waals surface area (Å²) in [4.78, 5) is 40.7. The standard InChI is InChI=1S/C28H29N3O4/c1-18-13-24(19(2)31(18)16-21-9-5-4-6-10-21)27(33)17-35-28(34)26(30-20(3)32)14-22-15-29-25-12-8-7-11-23(22)25/h4-13,15,26,29H,14,16-17H2,1-3H3,(H,30,32)/t26-/m0/s1. The van der Waals surface area contributed by atoms with Crippen LogP contribution < -0.4 is 5.32 Å². The minimum atomic E-state index is -0.898. The van der Waals surface area contributed by atoms with Crippen molar-refractivity contribution in [1.29, 1.82) is 0 Å². The first-order valence-electron chi connectivity index (χ1n) is 11.6. The molecule has 4 rings (SSSR count). The van der Waals surface area contributed by atoms with E-state index >= 15 is 0 Å². The van der Waals surface area contributed by atoms with Gasteiger partial charge in [-0.3, -0.25) is 9.59 Å². The average molecular weight is 472 g/mol. The van der Waals surface area contributed by atoms with Crippen LogP contribution in [0.4, 0.5) is 0 Å². The Morgan fingerprint density at radius 2 is 1.74 bits per heavy atom. The highest BCUT2D eigenvalue weighted by atomic mass is 16.5. The summed E-state index contributed by atoms with van der Waals surface area (Å²) >= 11 is 0. The number of aromatic amines is 1. The topological polar surface area (TPSA) is 93.2 Å². The van der Waals surface area contributed by atoms with Gasteiger partial charge >= 0.3 is 5.97 Å². The fraction of sp³-hybridized carbons (Fsp3) is 0.250. The summed E-state index contributed by atoms with van der Waals surface area (Å²) in [6.45, 7) is 5.45. The second kappa shape index (κ2) is 10.4. The van der Waals surface area contributed by atoms with E-state index in [0.717, 1.165) is 33.4 Å². The van der Waals surface area contributed by atoms with E-state index in [-0.39, 0.29) is 18.1 Å². The molecule has 0 aliphatic rings. The zero-order chi connectivity index (χ0) is 24.9. The number of hydrogen-bond acceptors (Lipinski definition) is 4. The van der Waals surface area contributed by atoms with Gasteiger partial charge in [0.1, 0.15) is 6.04 Å². The Labute approximate surface area is 204 Å². The van der Waals surface area contributed by atoms with E-state index in [1.807, 2.05) is 80.7 Å². The Bertz CT molecular complexity index is 1370. The molecule has 2 aromatic carbocycles. The first-order valence-corrected chi connectivity index (χ1v) is 11.6. The molecular formula is C28H29N3O4. The molecule has 0 saturated heterocycles. The normalized spacial score (nSPS) is 11.9. The third kappa shape index (κ3) is 5.51. The number of hydrogen-bond donors (Lipinski definition) is 2. The van der Waals surface area contributed by atoms with Crippen molar-refractivity contribution >= 4 is 28.6 Å². The SMILES string of the molecule is CC(=O)N[C@@H](Cc1c[nH]c2ccccc12)C(=O)OCC(=O)c1cc(C)n(Cc2ccccc2)c1C. The highest BCUT2D eigenvalue weighted by Gasteiger charge is 2.25. The monoisotopic (exact) mass is 471 g/mol. The Kier molecular flexibility index (Phi) is 7.15. The molecule has 7 heteroatoms. The van der Waals surface area contributed by atoms with Crippen LogP contribution in [0.2, 0.25) is 0 Å². The fourth-order valence-corrected chi connectivity index (χ4v) is 4.37. The summed E-state index contributed by atoms with van der Waals surface area (Å²) in [6, 6.07) is 18.7. The van der Waals surface area contributed by atoms with E-state index in [4.69, 9.17) is 4.74 Å². The molecule has 0 bridgehead atoms. The molecule has 180 valence electrons. The predicted molar refractivity (Wildman–Crippen MR) is 134 cm³/mol. The van der Waals surface area contributed by atoms with Crippen LogP contribution in [0, 0.1) is 13.8 Å². The largest absolute Gasteiger partial charge is 0.456 e. The molecule has 0 aliphatic carbocycles. The van der Waals surface area contributed by atoms with Crippen molar-refractivity contribution in [2.75, 3.05) is 6.61 Å². The lowest BCUT2D eigenvalue weighted by Gasteiger charge is -2.16. The van der Waals surface area contributed by atoms with Gasteiger partial charge in [0.15, 0.2) is 6.61 Å². The summed E-state index contributed by atoms with van der Waals surface area (Å²) in [7, 11) is 0. The molecule has 1 amide bonds.